The number of aliphatic imine (C=N–C) groups is 1. The van der Waals surface area contributed by atoms with Gasteiger partial charge in [0.1, 0.15) is 5.60 Å². The van der Waals surface area contributed by atoms with Crippen molar-refractivity contribution in [1.29, 1.82) is 0 Å². The molecule has 7 heteroatoms. The summed E-state index contributed by atoms with van der Waals surface area (Å²) in [6, 6.07) is 3.98. The number of alkyl carbamates (subject to hydrolysis) is 1. The topological polar surface area (TPSA) is 87.6 Å². The normalized spacial score (nSPS) is 11.8. The van der Waals surface area contributed by atoms with E-state index in [0.717, 1.165) is 25.3 Å². The van der Waals surface area contributed by atoms with Crippen LogP contribution in [0.1, 0.15) is 32.8 Å². The van der Waals surface area contributed by atoms with Crippen LogP contribution in [0.3, 0.4) is 0 Å². The molecular weight excluding hydrogens is 306 g/mol. The van der Waals surface area contributed by atoms with Gasteiger partial charge in [0.25, 0.3) is 0 Å². The zero-order chi connectivity index (χ0) is 17.8. The van der Waals surface area contributed by atoms with Crippen LogP contribution in [0.15, 0.2) is 29.5 Å². The van der Waals surface area contributed by atoms with Gasteiger partial charge < -0.3 is 20.7 Å². The molecular formula is C17H29N5O2. The number of carbonyl (C=O) groups is 1. The highest BCUT2D eigenvalue weighted by molar-refractivity contribution is 5.79. The minimum Gasteiger partial charge on any atom is -0.444 e. The zero-order valence-corrected chi connectivity index (χ0v) is 15.1. The Morgan fingerprint density at radius 3 is 2.54 bits per heavy atom. The third-order valence-electron chi connectivity index (χ3n) is 2.97. The Hall–Kier alpha value is -2.31. The number of ether oxygens (including phenoxy) is 1. The predicted octanol–water partition coefficient (Wildman–Crippen LogP) is 1.70. The molecule has 0 aliphatic rings. The molecule has 24 heavy (non-hydrogen) atoms. The Labute approximate surface area is 144 Å². The van der Waals surface area contributed by atoms with Crippen molar-refractivity contribution in [3.8, 4) is 0 Å². The van der Waals surface area contributed by atoms with Gasteiger partial charge in [-0.05, 0) is 45.2 Å². The molecule has 0 bridgehead atoms. The van der Waals surface area contributed by atoms with Gasteiger partial charge >= 0.3 is 6.09 Å². The highest BCUT2D eigenvalue weighted by Crippen LogP contribution is 2.06. The van der Waals surface area contributed by atoms with Gasteiger partial charge in [0.05, 0.1) is 0 Å². The lowest BCUT2D eigenvalue weighted by molar-refractivity contribution is 0.0527. The lowest BCUT2D eigenvalue weighted by atomic mass is 10.2. The molecule has 0 radical (unpaired) electrons. The van der Waals surface area contributed by atoms with Crippen LogP contribution in [-0.4, -0.2) is 49.3 Å². The number of carbonyl (C=O) groups excluding carboxylic acids is 1. The summed E-state index contributed by atoms with van der Waals surface area (Å²) in [5.74, 6) is 0.746. The number of guanidine groups is 1. The number of hydrogen-bond donors (Lipinski definition) is 3. The van der Waals surface area contributed by atoms with E-state index < -0.39 is 5.60 Å². The Kier molecular flexibility index (Phi) is 8.60. The van der Waals surface area contributed by atoms with Crippen LogP contribution in [0.4, 0.5) is 4.79 Å². The van der Waals surface area contributed by atoms with Crippen LogP contribution in [0.25, 0.3) is 0 Å². The van der Waals surface area contributed by atoms with E-state index in [4.69, 9.17) is 4.74 Å². The number of nitrogens with one attached hydrogen (secondary N) is 3. The van der Waals surface area contributed by atoms with Crippen molar-refractivity contribution < 1.29 is 9.53 Å². The van der Waals surface area contributed by atoms with Crippen LogP contribution in [-0.2, 0) is 11.2 Å². The molecule has 0 spiro atoms. The first-order chi connectivity index (χ1) is 11.4. The Morgan fingerprint density at radius 2 is 1.92 bits per heavy atom. The van der Waals surface area contributed by atoms with Gasteiger partial charge in [-0.1, -0.05) is 6.07 Å². The second-order valence-corrected chi connectivity index (χ2v) is 6.32. The molecule has 0 aliphatic heterocycles. The largest absolute Gasteiger partial charge is 0.444 e. The van der Waals surface area contributed by atoms with Gasteiger partial charge in [0, 0.05) is 39.1 Å². The third kappa shape index (κ3) is 9.66. The van der Waals surface area contributed by atoms with Crippen molar-refractivity contribution >= 4 is 12.1 Å². The van der Waals surface area contributed by atoms with Crippen molar-refractivity contribution in [2.45, 2.75) is 39.2 Å². The van der Waals surface area contributed by atoms with Crippen LogP contribution in [0.2, 0.25) is 0 Å². The molecule has 0 unspecified atom stereocenters. The average Bonchev–Trinajstić information content (AvgIpc) is 2.52. The monoisotopic (exact) mass is 335 g/mol. The van der Waals surface area contributed by atoms with Gasteiger partial charge in [-0.2, -0.15) is 0 Å². The molecule has 0 atom stereocenters. The van der Waals surface area contributed by atoms with Gasteiger partial charge in [-0.25, -0.2) is 4.79 Å². The summed E-state index contributed by atoms with van der Waals surface area (Å²) in [4.78, 5) is 19.8. The van der Waals surface area contributed by atoms with Crippen molar-refractivity contribution in [2.75, 3.05) is 26.7 Å². The number of rotatable bonds is 7. The van der Waals surface area contributed by atoms with Crippen molar-refractivity contribution in [1.82, 2.24) is 20.9 Å². The van der Waals surface area contributed by atoms with Gasteiger partial charge in [0.2, 0.25) is 0 Å². The lowest BCUT2D eigenvalue weighted by Crippen LogP contribution is -2.40. The first-order valence-electron chi connectivity index (χ1n) is 8.21. The number of amides is 1. The van der Waals surface area contributed by atoms with Crippen LogP contribution in [0, 0.1) is 0 Å². The molecule has 1 aromatic rings. The number of hydrogen-bond acceptors (Lipinski definition) is 4. The summed E-state index contributed by atoms with van der Waals surface area (Å²) in [6.07, 6.45) is 4.90. The van der Waals surface area contributed by atoms with E-state index in [0.29, 0.717) is 13.1 Å². The minimum atomic E-state index is -0.470. The highest BCUT2D eigenvalue weighted by Gasteiger charge is 2.15. The summed E-state index contributed by atoms with van der Waals surface area (Å²) in [5, 5.41) is 9.18. The fraction of sp³-hybridized carbons (Fsp3) is 0.588. The molecule has 1 aromatic heterocycles. The fourth-order valence-electron chi connectivity index (χ4n) is 1.89. The SMILES string of the molecule is CN=C(NCCCNC(=O)OC(C)(C)C)NCCc1cccnc1. The predicted molar refractivity (Wildman–Crippen MR) is 96.2 cm³/mol. The van der Waals surface area contributed by atoms with E-state index in [1.807, 2.05) is 39.1 Å². The summed E-state index contributed by atoms with van der Waals surface area (Å²) in [5.41, 5.74) is 0.713. The second-order valence-electron chi connectivity index (χ2n) is 6.32. The van der Waals surface area contributed by atoms with Gasteiger partial charge in [-0.15, -0.1) is 0 Å². The number of nitrogens with zero attached hydrogens (tertiary/aromatic N) is 2. The van der Waals surface area contributed by atoms with Crippen LogP contribution in [0.5, 0.6) is 0 Å². The lowest BCUT2D eigenvalue weighted by Gasteiger charge is -2.19. The molecule has 1 heterocycles. The highest BCUT2D eigenvalue weighted by atomic mass is 16.6. The fourth-order valence-corrected chi connectivity index (χ4v) is 1.89. The van der Waals surface area contributed by atoms with Crippen molar-refractivity contribution in [3.05, 3.63) is 30.1 Å². The van der Waals surface area contributed by atoms with Gasteiger partial charge in [-0.3, -0.25) is 9.98 Å². The van der Waals surface area contributed by atoms with E-state index >= 15 is 0 Å². The van der Waals surface area contributed by atoms with E-state index in [1.54, 1.807) is 13.2 Å². The molecule has 0 saturated heterocycles. The minimum absolute atomic E-state index is 0.388. The van der Waals surface area contributed by atoms with Crippen LogP contribution < -0.4 is 16.0 Å². The van der Waals surface area contributed by atoms with E-state index in [2.05, 4.69) is 25.9 Å². The third-order valence-corrected chi connectivity index (χ3v) is 2.97. The molecule has 0 saturated carbocycles. The number of pyridine rings is 1. The standard InChI is InChI=1S/C17H29N5O2/c1-17(2,3)24-16(23)22-11-6-10-20-15(18-4)21-12-8-14-7-5-9-19-13-14/h5,7,9,13H,6,8,10-12H2,1-4H3,(H,22,23)(H2,18,20,21). The summed E-state index contributed by atoms with van der Waals surface area (Å²) < 4.78 is 5.17. The van der Waals surface area contributed by atoms with Crippen molar-refractivity contribution in [2.24, 2.45) is 4.99 Å². The molecule has 1 rings (SSSR count). The average molecular weight is 335 g/mol. The first-order valence-corrected chi connectivity index (χ1v) is 8.21. The van der Waals surface area contributed by atoms with E-state index in [9.17, 15) is 4.79 Å². The van der Waals surface area contributed by atoms with E-state index in [1.165, 1.54) is 5.56 Å². The quantitative estimate of drug-likeness (QED) is 0.401. The summed E-state index contributed by atoms with van der Waals surface area (Å²) in [7, 11) is 1.73. The Bertz CT molecular complexity index is 511. The number of aromatic nitrogens is 1. The Morgan fingerprint density at radius 1 is 1.21 bits per heavy atom. The maximum Gasteiger partial charge on any atom is 0.407 e. The zero-order valence-electron chi connectivity index (χ0n) is 15.1. The Balaban J connectivity index is 2.11. The van der Waals surface area contributed by atoms with E-state index in [-0.39, 0.29) is 6.09 Å². The second kappa shape index (κ2) is 10.5. The molecule has 0 aromatic carbocycles. The molecule has 7 nitrogen and oxygen atoms in total. The van der Waals surface area contributed by atoms with Crippen molar-refractivity contribution in [3.63, 3.8) is 0 Å². The molecule has 0 fully saturated rings. The van der Waals surface area contributed by atoms with Gasteiger partial charge in [0.15, 0.2) is 5.96 Å². The first kappa shape index (κ1) is 19.7. The van der Waals surface area contributed by atoms with Crippen LogP contribution >= 0.6 is 0 Å². The smallest absolute Gasteiger partial charge is 0.407 e. The molecule has 134 valence electrons. The maximum atomic E-state index is 11.5. The summed E-state index contributed by atoms with van der Waals surface area (Å²) in [6.45, 7) is 7.57. The molecule has 3 N–H and O–H groups in total. The maximum absolute atomic E-state index is 11.5. The summed E-state index contributed by atoms with van der Waals surface area (Å²) >= 11 is 0. The molecule has 0 aliphatic carbocycles. The molecule has 1 amide bonds.